The molecule has 1 aromatic carbocycles. The Morgan fingerprint density at radius 1 is 1.25 bits per heavy atom. The molecular weight excluding hydrogens is 163 g/mol. The molecule has 0 aromatic heterocycles. The Labute approximate surface area is 69.3 Å². The van der Waals surface area contributed by atoms with E-state index in [0.29, 0.717) is 5.75 Å². The summed E-state index contributed by atoms with van der Waals surface area (Å²) in [5.74, 6) is 0.690. The largest absolute Gasteiger partial charge is 0.508 e. The van der Waals surface area contributed by atoms with E-state index in [2.05, 4.69) is 4.74 Å². The maximum absolute atomic E-state index is 11.4. The van der Waals surface area contributed by atoms with Crippen molar-refractivity contribution in [3.05, 3.63) is 24.3 Å². The van der Waals surface area contributed by atoms with Crippen LogP contribution in [0.15, 0.2) is 24.3 Å². The van der Waals surface area contributed by atoms with Crippen LogP contribution in [0.25, 0.3) is 0 Å². The van der Waals surface area contributed by atoms with Crippen molar-refractivity contribution in [1.82, 2.24) is 0 Å². The van der Waals surface area contributed by atoms with Gasteiger partial charge in [0.05, 0.1) is 0 Å². The quantitative estimate of drug-likeness (QED) is 0.554. The molecular formula is C8H9FO3. The Hall–Kier alpha value is -1.29. The Kier molecular flexibility index (Phi) is 3.35. The minimum Gasteiger partial charge on any atom is -0.508 e. The van der Waals surface area contributed by atoms with Gasteiger partial charge in [0.2, 0.25) is 0 Å². The highest BCUT2D eigenvalue weighted by molar-refractivity contribution is 5.29. The molecule has 0 spiro atoms. The van der Waals surface area contributed by atoms with Gasteiger partial charge in [-0.1, -0.05) is 0 Å². The Morgan fingerprint density at radius 3 is 2.50 bits per heavy atom. The lowest BCUT2D eigenvalue weighted by Crippen LogP contribution is -2.00. The third-order valence-electron chi connectivity index (χ3n) is 1.22. The smallest absolute Gasteiger partial charge is 0.192 e. The molecule has 1 aromatic rings. The number of hydrogen-bond acceptors (Lipinski definition) is 3. The average Bonchev–Trinajstić information content (AvgIpc) is 2.09. The van der Waals surface area contributed by atoms with Crippen LogP contribution in [-0.2, 0) is 4.74 Å². The second kappa shape index (κ2) is 4.56. The molecule has 12 heavy (non-hydrogen) atoms. The van der Waals surface area contributed by atoms with Crippen molar-refractivity contribution >= 4 is 0 Å². The predicted molar refractivity (Wildman–Crippen MR) is 40.7 cm³/mol. The molecule has 0 aliphatic carbocycles. The SMILES string of the molecule is Oc1ccc(OCOCF)cc1. The van der Waals surface area contributed by atoms with Crippen LogP contribution in [0, 0.1) is 0 Å². The van der Waals surface area contributed by atoms with Crippen molar-refractivity contribution in [3.8, 4) is 11.5 Å². The fourth-order valence-electron chi connectivity index (χ4n) is 0.684. The topological polar surface area (TPSA) is 38.7 Å². The van der Waals surface area contributed by atoms with Gasteiger partial charge in [-0.05, 0) is 24.3 Å². The number of aromatic hydroxyl groups is 1. The molecule has 0 unspecified atom stereocenters. The zero-order valence-electron chi connectivity index (χ0n) is 6.37. The molecule has 1 N–H and O–H groups in total. The van der Waals surface area contributed by atoms with Crippen LogP contribution < -0.4 is 4.74 Å². The average molecular weight is 172 g/mol. The first-order valence-electron chi connectivity index (χ1n) is 3.38. The fourth-order valence-corrected chi connectivity index (χ4v) is 0.684. The lowest BCUT2D eigenvalue weighted by atomic mass is 10.3. The standard InChI is InChI=1S/C8H9FO3/c9-5-11-6-12-8-3-1-7(10)2-4-8/h1-4,10H,5-6H2. The maximum atomic E-state index is 11.4. The van der Waals surface area contributed by atoms with E-state index in [1.54, 1.807) is 12.1 Å². The molecule has 3 nitrogen and oxygen atoms in total. The summed E-state index contributed by atoms with van der Waals surface area (Å²) in [6, 6.07) is 6.09. The molecule has 0 atom stereocenters. The van der Waals surface area contributed by atoms with E-state index in [-0.39, 0.29) is 12.5 Å². The zero-order chi connectivity index (χ0) is 8.81. The molecule has 4 heteroatoms. The molecule has 0 aliphatic heterocycles. The van der Waals surface area contributed by atoms with Crippen LogP contribution in [0.2, 0.25) is 0 Å². The molecule has 1 rings (SSSR count). The minimum absolute atomic E-state index is 0.124. The van der Waals surface area contributed by atoms with Gasteiger partial charge in [0.15, 0.2) is 13.7 Å². The number of phenols is 1. The minimum atomic E-state index is -0.863. The summed E-state index contributed by atoms with van der Waals surface area (Å²) in [4.78, 5) is 0. The van der Waals surface area contributed by atoms with E-state index in [9.17, 15) is 4.39 Å². The first-order valence-corrected chi connectivity index (χ1v) is 3.38. The highest BCUT2D eigenvalue weighted by atomic mass is 19.1. The van der Waals surface area contributed by atoms with E-state index in [1.807, 2.05) is 0 Å². The van der Waals surface area contributed by atoms with E-state index in [0.717, 1.165) is 0 Å². The molecule has 0 bridgehead atoms. The molecule has 0 heterocycles. The lowest BCUT2D eigenvalue weighted by molar-refractivity contribution is -0.0284. The van der Waals surface area contributed by atoms with Crippen LogP contribution in [0.5, 0.6) is 11.5 Å². The van der Waals surface area contributed by atoms with Gasteiger partial charge in [0, 0.05) is 0 Å². The van der Waals surface area contributed by atoms with Crippen molar-refractivity contribution in [3.63, 3.8) is 0 Å². The van der Waals surface area contributed by atoms with Gasteiger partial charge < -0.3 is 14.6 Å². The Bertz CT molecular complexity index is 222. The van der Waals surface area contributed by atoms with Crippen molar-refractivity contribution < 1.29 is 19.0 Å². The molecule has 0 fully saturated rings. The second-order valence-corrected chi connectivity index (χ2v) is 2.07. The monoisotopic (exact) mass is 172 g/mol. The summed E-state index contributed by atoms with van der Waals surface area (Å²) in [6.07, 6.45) is 0. The van der Waals surface area contributed by atoms with Crippen molar-refractivity contribution in [1.29, 1.82) is 0 Å². The van der Waals surface area contributed by atoms with Gasteiger partial charge in [-0.3, -0.25) is 0 Å². The van der Waals surface area contributed by atoms with Gasteiger partial charge in [-0.2, -0.15) is 0 Å². The summed E-state index contributed by atoms with van der Waals surface area (Å²) in [7, 11) is 0. The third kappa shape index (κ3) is 2.75. The summed E-state index contributed by atoms with van der Waals surface area (Å²) >= 11 is 0. The van der Waals surface area contributed by atoms with Gasteiger partial charge in [0.1, 0.15) is 11.5 Å². The molecule has 0 amide bonds. The van der Waals surface area contributed by atoms with Crippen LogP contribution in [-0.4, -0.2) is 18.8 Å². The fraction of sp³-hybridized carbons (Fsp3) is 0.250. The first-order chi connectivity index (χ1) is 5.83. The molecule has 0 aliphatic rings. The summed E-state index contributed by atoms with van der Waals surface area (Å²) in [6.45, 7) is -0.987. The van der Waals surface area contributed by atoms with Gasteiger partial charge in [-0.15, -0.1) is 0 Å². The summed E-state index contributed by atoms with van der Waals surface area (Å²) in [5, 5.41) is 8.88. The van der Waals surface area contributed by atoms with E-state index < -0.39 is 6.86 Å². The number of alkyl halides is 1. The van der Waals surface area contributed by atoms with Crippen molar-refractivity contribution in [2.24, 2.45) is 0 Å². The normalized spacial score (nSPS) is 9.75. The molecule has 66 valence electrons. The number of halogens is 1. The lowest BCUT2D eigenvalue weighted by Gasteiger charge is -2.03. The van der Waals surface area contributed by atoms with E-state index >= 15 is 0 Å². The van der Waals surface area contributed by atoms with E-state index in [4.69, 9.17) is 9.84 Å². The highest BCUT2D eigenvalue weighted by Crippen LogP contribution is 2.15. The number of hydrogen-bond donors (Lipinski definition) is 1. The van der Waals surface area contributed by atoms with Gasteiger partial charge in [0.25, 0.3) is 0 Å². The summed E-state index contributed by atoms with van der Waals surface area (Å²) < 4.78 is 20.7. The van der Waals surface area contributed by atoms with Gasteiger partial charge in [-0.25, -0.2) is 4.39 Å². The van der Waals surface area contributed by atoms with E-state index in [1.165, 1.54) is 12.1 Å². The number of rotatable bonds is 4. The van der Waals surface area contributed by atoms with Crippen LogP contribution in [0.1, 0.15) is 0 Å². The number of ether oxygens (including phenoxy) is 2. The number of phenolic OH excluding ortho intramolecular Hbond substituents is 1. The van der Waals surface area contributed by atoms with Crippen LogP contribution in [0.3, 0.4) is 0 Å². The second-order valence-electron chi connectivity index (χ2n) is 2.07. The Morgan fingerprint density at radius 2 is 1.92 bits per heavy atom. The zero-order valence-corrected chi connectivity index (χ0v) is 6.37. The molecule has 0 saturated heterocycles. The third-order valence-corrected chi connectivity index (χ3v) is 1.22. The molecule has 0 saturated carbocycles. The van der Waals surface area contributed by atoms with Crippen molar-refractivity contribution in [2.75, 3.05) is 13.7 Å². The van der Waals surface area contributed by atoms with Crippen LogP contribution >= 0.6 is 0 Å². The molecule has 0 radical (unpaired) electrons. The Balaban J connectivity index is 2.37. The predicted octanol–water partition coefficient (Wildman–Crippen LogP) is 1.67. The number of benzene rings is 1. The maximum Gasteiger partial charge on any atom is 0.192 e. The first kappa shape index (κ1) is 8.80. The van der Waals surface area contributed by atoms with Gasteiger partial charge >= 0.3 is 0 Å². The van der Waals surface area contributed by atoms with Crippen LogP contribution in [0.4, 0.5) is 4.39 Å². The highest BCUT2D eigenvalue weighted by Gasteiger charge is 1.92. The summed E-state index contributed by atoms with van der Waals surface area (Å²) in [5.41, 5.74) is 0. The van der Waals surface area contributed by atoms with Crippen molar-refractivity contribution in [2.45, 2.75) is 0 Å².